The van der Waals surface area contributed by atoms with E-state index >= 15 is 0 Å². The van der Waals surface area contributed by atoms with Crippen LogP contribution in [0.15, 0.2) is 54.6 Å². The number of hydrogen-bond acceptors (Lipinski definition) is 5. The molecule has 0 radical (unpaired) electrons. The highest BCUT2D eigenvalue weighted by Crippen LogP contribution is 2.44. The minimum absolute atomic E-state index is 0.0580. The summed E-state index contributed by atoms with van der Waals surface area (Å²) in [6, 6.07) is 16.2. The Kier molecular flexibility index (Phi) is 7.38. The molecule has 0 unspecified atom stereocenters. The maximum atomic E-state index is 14.2. The number of nitrogens with one attached hydrogen (secondary N) is 1. The molecule has 0 spiro atoms. The van der Waals surface area contributed by atoms with Crippen LogP contribution in [0.2, 0.25) is 0 Å². The van der Waals surface area contributed by atoms with Crippen molar-refractivity contribution in [1.29, 1.82) is 0 Å². The first-order chi connectivity index (χ1) is 16.2. The van der Waals surface area contributed by atoms with Gasteiger partial charge < -0.3 is 24.3 Å². The molecule has 7 heteroatoms. The highest BCUT2D eigenvalue weighted by molar-refractivity contribution is 5.85. The molecule has 4 rings (SSSR count). The van der Waals surface area contributed by atoms with Gasteiger partial charge in [0.15, 0.2) is 11.4 Å². The van der Waals surface area contributed by atoms with Crippen LogP contribution >= 0.6 is 0 Å². The average Bonchev–Trinajstić information content (AvgIpc) is 3.11. The van der Waals surface area contributed by atoms with Crippen molar-refractivity contribution in [1.82, 2.24) is 5.32 Å². The van der Waals surface area contributed by atoms with E-state index in [1.165, 1.54) is 6.07 Å². The summed E-state index contributed by atoms with van der Waals surface area (Å²) in [4.78, 5) is 13.5. The van der Waals surface area contributed by atoms with Gasteiger partial charge in [0.25, 0.3) is 5.91 Å². The summed E-state index contributed by atoms with van der Waals surface area (Å²) in [5.41, 5.74) is 0.240. The predicted octanol–water partition coefficient (Wildman–Crippen LogP) is 4.51. The Hall–Kier alpha value is -2.32. The van der Waals surface area contributed by atoms with E-state index in [9.17, 15) is 9.18 Å². The van der Waals surface area contributed by atoms with E-state index < -0.39 is 23.6 Å². The standard InChI is InChI=1S/C27H34FNO5/c1-18(2)29-25(30)27(32-16-19-10-6-5-7-11-19)14-22(24-23(15-27)33-26(3,4)34-24)31-17-20-12-8-9-13-21(20)28/h5-13,18,22-24H,14-17H2,1-4H3,(H,29,30)/t22-,23+,24-,27+/m0/s1. The normalized spacial score (nSPS) is 28.0. The lowest BCUT2D eigenvalue weighted by atomic mass is 9.78. The van der Waals surface area contributed by atoms with Gasteiger partial charge in [0.05, 0.1) is 25.4 Å². The van der Waals surface area contributed by atoms with Crippen molar-refractivity contribution < 1.29 is 28.1 Å². The number of carbonyl (C=O) groups is 1. The zero-order chi connectivity index (χ0) is 24.3. The van der Waals surface area contributed by atoms with Gasteiger partial charge >= 0.3 is 0 Å². The predicted molar refractivity (Wildman–Crippen MR) is 125 cm³/mol. The number of fused-ring (bicyclic) bond motifs is 1. The monoisotopic (exact) mass is 471 g/mol. The summed E-state index contributed by atoms with van der Waals surface area (Å²) in [6.07, 6.45) is -0.696. The Morgan fingerprint density at radius 1 is 1.06 bits per heavy atom. The minimum Gasteiger partial charge on any atom is -0.370 e. The molecule has 34 heavy (non-hydrogen) atoms. The van der Waals surface area contributed by atoms with E-state index in [0.29, 0.717) is 12.0 Å². The Morgan fingerprint density at radius 3 is 2.47 bits per heavy atom. The first kappa shape index (κ1) is 24.8. The van der Waals surface area contributed by atoms with Gasteiger partial charge in [-0.2, -0.15) is 0 Å². The van der Waals surface area contributed by atoms with E-state index in [4.69, 9.17) is 18.9 Å². The third-order valence-corrected chi connectivity index (χ3v) is 6.25. The van der Waals surface area contributed by atoms with Crippen molar-refractivity contribution in [3.8, 4) is 0 Å². The fourth-order valence-corrected chi connectivity index (χ4v) is 4.71. The van der Waals surface area contributed by atoms with E-state index in [2.05, 4.69) is 5.32 Å². The molecule has 0 aromatic heterocycles. The van der Waals surface area contributed by atoms with Crippen LogP contribution in [0, 0.1) is 5.82 Å². The van der Waals surface area contributed by atoms with Crippen LogP contribution in [-0.2, 0) is 37.0 Å². The van der Waals surface area contributed by atoms with Gasteiger partial charge in [0.2, 0.25) is 0 Å². The molecule has 1 amide bonds. The van der Waals surface area contributed by atoms with Crippen LogP contribution in [-0.4, -0.2) is 41.6 Å². The van der Waals surface area contributed by atoms with Gasteiger partial charge in [-0.3, -0.25) is 4.79 Å². The van der Waals surface area contributed by atoms with Gasteiger partial charge in [0, 0.05) is 24.4 Å². The lowest BCUT2D eigenvalue weighted by Gasteiger charge is -2.43. The number of halogens is 1. The fourth-order valence-electron chi connectivity index (χ4n) is 4.71. The number of amides is 1. The average molecular weight is 472 g/mol. The molecule has 2 aromatic carbocycles. The summed E-state index contributed by atoms with van der Waals surface area (Å²) in [6.45, 7) is 7.86. The lowest BCUT2D eigenvalue weighted by Crippen LogP contribution is -2.60. The third-order valence-electron chi connectivity index (χ3n) is 6.25. The molecule has 1 N–H and O–H groups in total. The Morgan fingerprint density at radius 2 is 1.76 bits per heavy atom. The van der Waals surface area contributed by atoms with Gasteiger partial charge in [-0.15, -0.1) is 0 Å². The molecular formula is C27H34FNO5. The van der Waals surface area contributed by atoms with Crippen molar-refractivity contribution in [2.75, 3.05) is 0 Å². The molecule has 1 heterocycles. The molecular weight excluding hydrogens is 437 g/mol. The van der Waals surface area contributed by atoms with Crippen molar-refractivity contribution in [2.45, 2.75) is 89.5 Å². The molecule has 0 bridgehead atoms. The maximum Gasteiger partial charge on any atom is 0.252 e. The first-order valence-corrected chi connectivity index (χ1v) is 11.9. The van der Waals surface area contributed by atoms with Crippen molar-refractivity contribution in [3.63, 3.8) is 0 Å². The van der Waals surface area contributed by atoms with Crippen LogP contribution in [0.1, 0.15) is 51.7 Å². The fraction of sp³-hybridized carbons (Fsp3) is 0.519. The van der Waals surface area contributed by atoms with Gasteiger partial charge in [0.1, 0.15) is 11.9 Å². The van der Waals surface area contributed by atoms with Crippen LogP contribution in [0.4, 0.5) is 4.39 Å². The van der Waals surface area contributed by atoms with Gasteiger partial charge in [-0.1, -0.05) is 48.5 Å². The number of rotatable bonds is 8. The number of benzene rings is 2. The van der Waals surface area contributed by atoms with Crippen LogP contribution in [0.3, 0.4) is 0 Å². The Balaban J connectivity index is 1.61. The van der Waals surface area contributed by atoms with E-state index in [0.717, 1.165) is 5.56 Å². The molecule has 2 fully saturated rings. The smallest absolute Gasteiger partial charge is 0.252 e. The van der Waals surface area contributed by atoms with E-state index in [1.54, 1.807) is 18.2 Å². The number of ether oxygens (including phenoxy) is 4. The second-order valence-corrected chi connectivity index (χ2v) is 9.88. The summed E-state index contributed by atoms with van der Waals surface area (Å²) < 4.78 is 39.2. The molecule has 2 aromatic rings. The van der Waals surface area contributed by atoms with Crippen molar-refractivity contribution in [3.05, 3.63) is 71.5 Å². The van der Waals surface area contributed by atoms with E-state index in [1.807, 2.05) is 58.0 Å². The largest absolute Gasteiger partial charge is 0.370 e. The molecule has 1 aliphatic carbocycles. The second kappa shape index (κ2) is 10.1. The molecule has 1 aliphatic heterocycles. The van der Waals surface area contributed by atoms with Crippen LogP contribution < -0.4 is 5.32 Å². The zero-order valence-electron chi connectivity index (χ0n) is 20.3. The van der Waals surface area contributed by atoms with Crippen LogP contribution in [0.5, 0.6) is 0 Å². The van der Waals surface area contributed by atoms with Gasteiger partial charge in [-0.25, -0.2) is 4.39 Å². The number of hydrogen-bond donors (Lipinski definition) is 1. The minimum atomic E-state index is -1.18. The quantitative estimate of drug-likeness (QED) is 0.614. The van der Waals surface area contributed by atoms with Gasteiger partial charge in [-0.05, 0) is 39.3 Å². The lowest BCUT2D eigenvalue weighted by molar-refractivity contribution is -0.184. The van der Waals surface area contributed by atoms with Crippen molar-refractivity contribution in [2.24, 2.45) is 0 Å². The zero-order valence-corrected chi connectivity index (χ0v) is 20.3. The highest BCUT2D eigenvalue weighted by atomic mass is 19.1. The van der Waals surface area contributed by atoms with Crippen molar-refractivity contribution >= 4 is 5.91 Å². The summed E-state index contributed by atoms with van der Waals surface area (Å²) >= 11 is 0. The second-order valence-electron chi connectivity index (χ2n) is 9.88. The third kappa shape index (κ3) is 5.66. The topological polar surface area (TPSA) is 66.0 Å². The maximum absolute atomic E-state index is 14.2. The number of carbonyl (C=O) groups excluding carboxylic acids is 1. The highest BCUT2D eigenvalue weighted by Gasteiger charge is 2.58. The first-order valence-electron chi connectivity index (χ1n) is 11.9. The summed E-state index contributed by atoms with van der Waals surface area (Å²) in [7, 11) is 0. The molecule has 1 saturated carbocycles. The molecule has 4 atom stereocenters. The summed E-state index contributed by atoms with van der Waals surface area (Å²) in [5.74, 6) is -1.36. The van der Waals surface area contributed by atoms with Crippen LogP contribution in [0.25, 0.3) is 0 Å². The SMILES string of the molecule is CC(C)NC(=O)[C@@]1(OCc2ccccc2)C[C@H](OCc2ccccc2F)[C@@H]2OC(C)(C)O[C@@H]2C1. The Labute approximate surface area is 200 Å². The molecule has 1 saturated heterocycles. The van der Waals surface area contributed by atoms with E-state index in [-0.39, 0.29) is 43.5 Å². The molecule has 184 valence electrons. The Bertz CT molecular complexity index is 982. The molecule has 6 nitrogen and oxygen atoms in total. The summed E-state index contributed by atoms with van der Waals surface area (Å²) in [5, 5.41) is 3.02. The molecule has 2 aliphatic rings.